The molecule has 2 N–H and O–H groups in total. The van der Waals surface area contributed by atoms with Crippen LogP contribution in [-0.2, 0) is 10.0 Å². The first-order valence-electron chi connectivity index (χ1n) is 7.86. The zero-order chi connectivity index (χ0) is 18.1. The fourth-order valence-corrected chi connectivity index (χ4v) is 4.61. The van der Waals surface area contributed by atoms with Crippen LogP contribution < -0.4 is 10.1 Å². The highest BCUT2D eigenvalue weighted by atomic mass is 32.2. The highest BCUT2D eigenvalue weighted by molar-refractivity contribution is 7.89. The number of para-hydroxylation sites is 1. The second-order valence-electron chi connectivity index (χ2n) is 5.69. The third-order valence-corrected chi connectivity index (χ3v) is 6.27. The summed E-state index contributed by atoms with van der Waals surface area (Å²) in [7, 11) is -3.90. The Kier molecular flexibility index (Phi) is 4.23. The molecule has 3 aromatic rings. The average molecular weight is 385 g/mol. The summed E-state index contributed by atoms with van der Waals surface area (Å²) in [6.07, 6.45) is -0.629. The minimum Gasteiger partial charge on any atom is -0.359 e. The van der Waals surface area contributed by atoms with Gasteiger partial charge in [0.25, 0.3) is 15.9 Å². The molecule has 132 valence electrons. The van der Waals surface area contributed by atoms with Crippen LogP contribution in [-0.4, -0.2) is 19.3 Å². The van der Waals surface area contributed by atoms with Crippen molar-refractivity contribution in [1.29, 1.82) is 0 Å². The number of hydrogen-bond acceptors (Lipinski definition) is 5. The van der Waals surface area contributed by atoms with Gasteiger partial charge in [0.1, 0.15) is 0 Å². The van der Waals surface area contributed by atoms with Gasteiger partial charge < -0.3 is 5.32 Å². The van der Waals surface area contributed by atoms with Crippen LogP contribution in [0, 0.1) is 0 Å². The molecule has 0 radical (unpaired) electrons. The highest BCUT2D eigenvalue weighted by Gasteiger charge is 2.36. The van der Waals surface area contributed by atoms with Crippen LogP contribution in [0.25, 0.3) is 0 Å². The maximum Gasteiger partial charge on any atom is 0.273 e. The molecule has 4 rings (SSSR count). The standard InChI is InChI=1S/C18H15N3O3S2/c22-18-14-9-4-5-10-15(14)19-17(16-11-6-12-25-16)21(18)20-26(23,24)13-7-2-1-3-8-13/h1-12,17,19-20H/t17-/m1/s1. The number of carbonyl (C=O) groups is 1. The molecule has 0 spiro atoms. The van der Waals surface area contributed by atoms with Crippen LogP contribution in [0.2, 0.25) is 0 Å². The molecule has 0 unspecified atom stereocenters. The number of nitrogens with one attached hydrogen (secondary N) is 2. The van der Waals surface area contributed by atoms with E-state index in [2.05, 4.69) is 10.1 Å². The molecule has 0 fully saturated rings. The van der Waals surface area contributed by atoms with Gasteiger partial charge in [-0.15, -0.1) is 16.2 Å². The first kappa shape index (κ1) is 16.8. The Balaban J connectivity index is 1.75. The molecule has 26 heavy (non-hydrogen) atoms. The predicted octanol–water partition coefficient (Wildman–Crippen LogP) is 3.21. The molecule has 1 aromatic heterocycles. The Bertz CT molecular complexity index is 1030. The van der Waals surface area contributed by atoms with Crippen molar-refractivity contribution in [2.45, 2.75) is 11.1 Å². The lowest BCUT2D eigenvalue weighted by Crippen LogP contribution is -2.52. The lowest BCUT2D eigenvalue weighted by molar-refractivity contribution is 0.0636. The van der Waals surface area contributed by atoms with Crippen LogP contribution >= 0.6 is 11.3 Å². The average Bonchev–Trinajstić information content (AvgIpc) is 3.19. The molecule has 0 saturated carbocycles. The number of carbonyl (C=O) groups excluding carboxylic acids is 1. The summed E-state index contributed by atoms with van der Waals surface area (Å²) in [6.45, 7) is 0. The fraction of sp³-hybridized carbons (Fsp3) is 0.0556. The molecule has 0 saturated heterocycles. The number of anilines is 1. The second kappa shape index (κ2) is 6.56. The summed E-state index contributed by atoms with van der Waals surface area (Å²) in [5, 5.41) is 6.26. The van der Waals surface area contributed by atoms with Gasteiger partial charge >= 0.3 is 0 Å². The summed E-state index contributed by atoms with van der Waals surface area (Å²) in [4.78, 5) is 16.4. The van der Waals surface area contributed by atoms with Crippen LogP contribution in [0.3, 0.4) is 0 Å². The van der Waals surface area contributed by atoms with Gasteiger partial charge in [-0.1, -0.05) is 36.4 Å². The van der Waals surface area contributed by atoms with Crippen molar-refractivity contribution in [3.8, 4) is 0 Å². The number of rotatable bonds is 4. The summed E-state index contributed by atoms with van der Waals surface area (Å²) in [6, 6.07) is 18.7. The zero-order valence-electron chi connectivity index (χ0n) is 13.5. The SMILES string of the molecule is O=C1c2ccccc2N[C@@H](c2cccs2)N1NS(=O)(=O)c1ccccc1. The second-order valence-corrected chi connectivity index (χ2v) is 8.33. The summed E-state index contributed by atoms with van der Waals surface area (Å²) in [5.74, 6) is -0.405. The Morgan fingerprint density at radius 2 is 1.69 bits per heavy atom. The van der Waals surface area contributed by atoms with Crippen LogP contribution in [0.4, 0.5) is 5.69 Å². The summed E-state index contributed by atoms with van der Waals surface area (Å²) < 4.78 is 25.5. The Labute approximate surface area is 155 Å². The smallest absolute Gasteiger partial charge is 0.273 e. The molecule has 0 aliphatic carbocycles. The number of benzene rings is 2. The van der Waals surface area contributed by atoms with Gasteiger partial charge in [0.05, 0.1) is 10.5 Å². The fourth-order valence-electron chi connectivity index (χ4n) is 2.78. The van der Waals surface area contributed by atoms with Gasteiger partial charge in [0, 0.05) is 10.6 Å². The molecule has 2 aromatic carbocycles. The lowest BCUT2D eigenvalue weighted by Gasteiger charge is -2.36. The van der Waals surface area contributed by atoms with Crippen molar-refractivity contribution in [3.05, 3.63) is 82.6 Å². The van der Waals surface area contributed by atoms with Crippen molar-refractivity contribution in [2.75, 3.05) is 5.32 Å². The zero-order valence-corrected chi connectivity index (χ0v) is 15.1. The number of amides is 1. The molecule has 1 aliphatic rings. The van der Waals surface area contributed by atoms with Gasteiger partial charge in [-0.25, -0.2) is 13.4 Å². The minimum absolute atomic E-state index is 0.0941. The van der Waals surface area contributed by atoms with Gasteiger partial charge in [-0.2, -0.15) is 0 Å². The van der Waals surface area contributed by atoms with E-state index in [-0.39, 0.29) is 4.90 Å². The molecular formula is C18H15N3O3S2. The number of hydrazine groups is 1. The molecule has 1 aliphatic heterocycles. The quantitative estimate of drug-likeness (QED) is 0.723. The van der Waals surface area contributed by atoms with Gasteiger partial charge in [-0.3, -0.25) is 4.79 Å². The molecular weight excluding hydrogens is 370 g/mol. The van der Waals surface area contributed by atoms with Crippen molar-refractivity contribution in [1.82, 2.24) is 9.84 Å². The Hall–Kier alpha value is -2.68. The van der Waals surface area contributed by atoms with Crippen molar-refractivity contribution in [2.24, 2.45) is 0 Å². The first-order valence-corrected chi connectivity index (χ1v) is 10.2. The van der Waals surface area contributed by atoms with E-state index in [0.717, 1.165) is 9.89 Å². The van der Waals surface area contributed by atoms with Gasteiger partial charge in [-0.05, 0) is 35.7 Å². The number of thiophene rings is 1. The summed E-state index contributed by atoms with van der Waals surface area (Å²) >= 11 is 1.44. The van der Waals surface area contributed by atoms with Crippen molar-refractivity contribution >= 4 is 33.0 Å². The number of sulfonamides is 1. The van der Waals surface area contributed by atoms with E-state index in [1.54, 1.807) is 36.4 Å². The van der Waals surface area contributed by atoms with Crippen LogP contribution in [0.5, 0.6) is 0 Å². The number of fused-ring (bicyclic) bond motifs is 1. The molecule has 0 bridgehead atoms. The Morgan fingerprint density at radius 1 is 0.962 bits per heavy atom. The number of nitrogens with zero attached hydrogens (tertiary/aromatic N) is 1. The monoisotopic (exact) mass is 385 g/mol. The summed E-state index contributed by atoms with van der Waals surface area (Å²) in [5.41, 5.74) is 1.09. The third-order valence-electron chi connectivity index (χ3n) is 4.01. The van der Waals surface area contributed by atoms with Crippen LogP contribution in [0.1, 0.15) is 21.4 Å². The number of hydrogen-bond donors (Lipinski definition) is 2. The molecule has 1 atom stereocenters. The largest absolute Gasteiger partial charge is 0.359 e. The van der Waals surface area contributed by atoms with E-state index in [1.807, 2.05) is 23.6 Å². The van der Waals surface area contributed by atoms with E-state index < -0.39 is 22.1 Å². The Morgan fingerprint density at radius 3 is 2.42 bits per heavy atom. The highest BCUT2D eigenvalue weighted by Crippen LogP contribution is 2.34. The van der Waals surface area contributed by atoms with Crippen molar-refractivity contribution in [3.63, 3.8) is 0 Å². The molecule has 2 heterocycles. The minimum atomic E-state index is -3.90. The van der Waals surface area contributed by atoms with Crippen LogP contribution in [0.15, 0.2) is 77.0 Å². The molecule has 1 amide bonds. The molecule has 6 nitrogen and oxygen atoms in total. The van der Waals surface area contributed by atoms with Crippen molar-refractivity contribution < 1.29 is 13.2 Å². The first-order chi connectivity index (χ1) is 12.6. The van der Waals surface area contributed by atoms with E-state index in [4.69, 9.17) is 0 Å². The van der Waals surface area contributed by atoms with E-state index in [9.17, 15) is 13.2 Å². The lowest BCUT2D eigenvalue weighted by atomic mass is 10.1. The maximum atomic E-state index is 13.0. The van der Waals surface area contributed by atoms with E-state index in [1.165, 1.54) is 23.5 Å². The van der Waals surface area contributed by atoms with E-state index >= 15 is 0 Å². The normalized spacial score (nSPS) is 16.8. The maximum absolute atomic E-state index is 13.0. The third kappa shape index (κ3) is 2.98. The van der Waals surface area contributed by atoms with Gasteiger partial charge in [0.15, 0.2) is 6.17 Å². The van der Waals surface area contributed by atoms with Gasteiger partial charge in [0.2, 0.25) is 0 Å². The molecule has 8 heteroatoms. The topological polar surface area (TPSA) is 78.5 Å². The predicted molar refractivity (Wildman–Crippen MR) is 100 cm³/mol. The van der Waals surface area contributed by atoms with E-state index in [0.29, 0.717) is 11.3 Å².